The number of sulfonamides is 1. The minimum Gasteiger partial charge on any atom is -0.447 e. The SMILES string of the molecule is CNS(=O)(=O)c1ccc(CN[C@@H](C)C2CCCC2)o1. The second kappa shape index (κ2) is 6.07. The van der Waals surface area contributed by atoms with E-state index >= 15 is 0 Å². The van der Waals surface area contributed by atoms with E-state index in [9.17, 15) is 8.42 Å². The number of hydrogen-bond donors (Lipinski definition) is 2. The highest BCUT2D eigenvalue weighted by molar-refractivity contribution is 7.89. The first-order valence-electron chi connectivity index (χ1n) is 6.78. The molecule has 1 saturated carbocycles. The van der Waals surface area contributed by atoms with Crippen molar-refractivity contribution in [1.82, 2.24) is 10.0 Å². The van der Waals surface area contributed by atoms with Crippen LogP contribution in [0.2, 0.25) is 0 Å². The Morgan fingerprint density at radius 2 is 2.05 bits per heavy atom. The summed E-state index contributed by atoms with van der Waals surface area (Å²) in [6.45, 7) is 2.75. The van der Waals surface area contributed by atoms with E-state index in [1.807, 2.05) is 0 Å². The maximum atomic E-state index is 11.5. The minimum absolute atomic E-state index is 0.0275. The fourth-order valence-corrected chi connectivity index (χ4v) is 3.25. The maximum Gasteiger partial charge on any atom is 0.273 e. The van der Waals surface area contributed by atoms with Gasteiger partial charge in [0.05, 0.1) is 6.54 Å². The van der Waals surface area contributed by atoms with E-state index in [1.165, 1.54) is 38.8 Å². The van der Waals surface area contributed by atoms with Crippen molar-refractivity contribution < 1.29 is 12.8 Å². The summed E-state index contributed by atoms with van der Waals surface area (Å²) in [7, 11) is -2.10. The van der Waals surface area contributed by atoms with Gasteiger partial charge in [0.15, 0.2) is 0 Å². The van der Waals surface area contributed by atoms with Crippen LogP contribution in [0.25, 0.3) is 0 Å². The van der Waals surface area contributed by atoms with Crippen LogP contribution >= 0.6 is 0 Å². The molecule has 6 heteroatoms. The van der Waals surface area contributed by atoms with Crippen LogP contribution in [0.4, 0.5) is 0 Å². The van der Waals surface area contributed by atoms with Gasteiger partial charge in [-0.2, -0.15) is 0 Å². The average molecular weight is 286 g/mol. The van der Waals surface area contributed by atoms with E-state index in [0.29, 0.717) is 18.3 Å². The Morgan fingerprint density at radius 3 is 2.68 bits per heavy atom. The van der Waals surface area contributed by atoms with Crippen LogP contribution in [-0.4, -0.2) is 21.5 Å². The van der Waals surface area contributed by atoms with Crippen molar-refractivity contribution in [2.45, 2.75) is 50.3 Å². The first kappa shape index (κ1) is 14.6. The monoisotopic (exact) mass is 286 g/mol. The molecule has 1 aliphatic carbocycles. The Kier molecular flexibility index (Phi) is 4.65. The molecule has 1 aliphatic rings. The van der Waals surface area contributed by atoms with Crippen molar-refractivity contribution in [2.24, 2.45) is 5.92 Å². The lowest BCUT2D eigenvalue weighted by Crippen LogP contribution is -2.31. The highest BCUT2D eigenvalue weighted by Crippen LogP contribution is 2.27. The summed E-state index contributed by atoms with van der Waals surface area (Å²) in [6, 6.07) is 3.64. The lowest BCUT2D eigenvalue weighted by atomic mass is 10.00. The number of hydrogen-bond acceptors (Lipinski definition) is 4. The molecule has 0 bridgehead atoms. The van der Waals surface area contributed by atoms with Gasteiger partial charge in [-0.15, -0.1) is 0 Å². The maximum absolute atomic E-state index is 11.5. The van der Waals surface area contributed by atoms with Gasteiger partial charge in [0.2, 0.25) is 5.09 Å². The summed E-state index contributed by atoms with van der Waals surface area (Å²) in [5, 5.41) is 3.39. The van der Waals surface area contributed by atoms with Crippen LogP contribution in [0.1, 0.15) is 38.4 Å². The van der Waals surface area contributed by atoms with Crippen LogP contribution in [0.3, 0.4) is 0 Å². The first-order valence-corrected chi connectivity index (χ1v) is 8.27. The predicted octanol–water partition coefficient (Wildman–Crippen LogP) is 1.86. The summed E-state index contributed by atoms with van der Waals surface area (Å²) < 4.78 is 30.7. The molecule has 0 aliphatic heterocycles. The smallest absolute Gasteiger partial charge is 0.273 e. The van der Waals surface area contributed by atoms with Crippen LogP contribution in [0.15, 0.2) is 21.6 Å². The third kappa shape index (κ3) is 3.58. The average Bonchev–Trinajstić information content (AvgIpc) is 3.07. The third-order valence-electron chi connectivity index (χ3n) is 3.88. The molecule has 0 radical (unpaired) electrons. The lowest BCUT2D eigenvalue weighted by molar-refractivity contribution is 0.346. The molecule has 1 heterocycles. The zero-order chi connectivity index (χ0) is 13.9. The topological polar surface area (TPSA) is 71.3 Å². The van der Waals surface area contributed by atoms with Crippen LogP contribution in [0.5, 0.6) is 0 Å². The highest BCUT2D eigenvalue weighted by atomic mass is 32.2. The van der Waals surface area contributed by atoms with Crippen LogP contribution in [-0.2, 0) is 16.6 Å². The Balaban J connectivity index is 1.90. The Morgan fingerprint density at radius 1 is 1.37 bits per heavy atom. The van der Waals surface area contributed by atoms with Crippen molar-refractivity contribution in [3.8, 4) is 0 Å². The van der Waals surface area contributed by atoms with Gasteiger partial charge in [-0.1, -0.05) is 12.8 Å². The van der Waals surface area contributed by atoms with Gasteiger partial charge in [0, 0.05) is 6.04 Å². The molecule has 1 aromatic rings. The van der Waals surface area contributed by atoms with Crippen molar-refractivity contribution in [3.63, 3.8) is 0 Å². The highest BCUT2D eigenvalue weighted by Gasteiger charge is 2.21. The van der Waals surface area contributed by atoms with Gasteiger partial charge in [-0.05, 0) is 44.9 Å². The Labute approximate surface area is 114 Å². The normalized spacial score (nSPS) is 18.8. The van der Waals surface area contributed by atoms with E-state index in [-0.39, 0.29) is 5.09 Å². The molecular weight excluding hydrogens is 264 g/mol. The standard InChI is InChI=1S/C13H22N2O3S/c1-10(11-5-3-4-6-11)15-9-12-7-8-13(18-12)19(16,17)14-2/h7-8,10-11,14-15H,3-6,9H2,1-2H3/t10-/m0/s1. The third-order valence-corrected chi connectivity index (χ3v) is 5.16. The molecule has 5 nitrogen and oxygen atoms in total. The van der Waals surface area contributed by atoms with Crippen molar-refractivity contribution in [1.29, 1.82) is 0 Å². The van der Waals surface area contributed by atoms with Crippen molar-refractivity contribution >= 4 is 10.0 Å². The number of rotatable bonds is 6. The Bertz CT molecular complexity index is 504. The molecule has 108 valence electrons. The molecule has 0 amide bonds. The number of furan rings is 1. The van der Waals surface area contributed by atoms with Gasteiger partial charge in [-0.3, -0.25) is 0 Å². The molecule has 1 fully saturated rings. The van der Waals surface area contributed by atoms with E-state index < -0.39 is 10.0 Å². The van der Waals surface area contributed by atoms with E-state index in [0.717, 1.165) is 5.92 Å². The summed E-state index contributed by atoms with van der Waals surface area (Å²) in [6.07, 6.45) is 5.21. The minimum atomic E-state index is -3.48. The number of nitrogens with one attached hydrogen (secondary N) is 2. The van der Waals surface area contributed by atoms with E-state index in [1.54, 1.807) is 6.07 Å². The first-order chi connectivity index (χ1) is 9.03. The summed E-state index contributed by atoms with van der Waals surface area (Å²) in [5.74, 6) is 1.38. The zero-order valence-electron chi connectivity index (χ0n) is 11.5. The second-order valence-electron chi connectivity index (χ2n) is 5.14. The zero-order valence-corrected chi connectivity index (χ0v) is 12.3. The van der Waals surface area contributed by atoms with Gasteiger partial charge in [0.1, 0.15) is 5.76 Å². The van der Waals surface area contributed by atoms with E-state index in [2.05, 4.69) is 17.0 Å². The second-order valence-corrected chi connectivity index (χ2v) is 6.96. The molecule has 1 atom stereocenters. The van der Waals surface area contributed by atoms with Crippen LogP contribution < -0.4 is 10.0 Å². The molecule has 1 aromatic heterocycles. The van der Waals surface area contributed by atoms with E-state index in [4.69, 9.17) is 4.42 Å². The largest absolute Gasteiger partial charge is 0.447 e. The van der Waals surface area contributed by atoms with Gasteiger partial charge < -0.3 is 9.73 Å². The Hall–Kier alpha value is -0.850. The quantitative estimate of drug-likeness (QED) is 0.837. The van der Waals surface area contributed by atoms with Gasteiger partial charge in [-0.25, -0.2) is 13.1 Å². The summed E-state index contributed by atoms with van der Waals surface area (Å²) in [4.78, 5) is 0. The molecule has 0 unspecified atom stereocenters. The lowest BCUT2D eigenvalue weighted by Gasteiger charge is -2.19. The molecule has 0 saturated heterocycles. The van der Waals surface area contributed by atoms with Crippen LogP contribution in [0, 0.1) is 5.92 Å². The van der Waals surface area contributed by atoms with Gasteiger partial charge >= 0.3 is 0 Å². The molecule has 0 aromatic carbocycles. The van der Waals surface area contributed by atoms with Crippen molar-refractivity contribution in [3.05, 3.63) is 17.9 Å². The fourth-order valence-electron chi connectivity index (χ4n) is 2.58. The van der Waals surface area contributed by atoms with Crippen molar-refractivity contribution in [2.75, 3.05) is 7.05 Å². The summed E-state index contributed by atoms with van der Waals surface area (Å²) >= 11 is 0. The summed E-state index contributed by atoms with van der Waals surface area (Å²) in [5.41, 5.74) is 0. The molecular formula is C13H22N2O3S. The molecule has 0 spiro atoms. The fraction of sp³-hybridized carbons (Fsp3) is 0.692. The van der Waals surface area contributed by atoms with Gasteiger partial charge in [0.25, 0.3) is 10.0 Å². The molecule has 19 heavy (non-hydrogen) atoms. The molecule has 2 rings (SSSR count). The predicted molar refractivity (Wildman–Crippen MR) is 73.2 cm³/mol. The molecule has 2 N–H and O–H groups in total.